The van der Waals surface area contributed by atoms with Crippen LogP contribution in [-0.2, 0) is 4.79 Å². The average Bonchev–Trinajstić information content (AvgIpc) is 2.19. The van der Waals surface area contributed by atoms with E-state index in [2.05, 4.69) is 5.32 Å². The van der Waals surface area contributed by atoms with Crippen molar-refractivity contribution in [2.45, 2.75) is 11.3 Å². The lowest BCUT2D eigenvalue weighted by Crippen LogP contribution is -2.19. The van der Waals surface area contributed by atoms with Crippen LogP contribution in [0.15, 0.2) is 29.2 Å². The van der Waals surface area contributed by atoms with Crippen LogP contribution < -0.4 is 5.32 Å². The van der Waals surface area contributed by atoms with E-state index in [0.29, 0.717) is 5.69 Å². The Labute approximate surface area is 84.7 Å². The fraction of sp³-hybridized carbons (Fsp3) is 0.222. The zero-order valence-corrected chi connectivity index (χ0v) is 8.28. The Hall–Kier alpha value is -1.10. The SMILES string of the molecule is CSc1ccc(NC(=O)C(F)F)cc1. The molecule has 0 saturated carbocycles. The lowest BCUT2D eigenvalue weighted by atomic mass is 10.3. The smallest absolute Gasteiger partial charge is 0.315 e. The lowest BCUT2D eigenvalue weighted by Gasteiger charge is -2.04. The standard InChI is InChI=1S/C9H9F2NOS/c1-14-7-4-2-6(3-5-7)12-9(13)8(10)11/h2-5,8H,1H3,(H,12,13). The predicted molar refractivity (Wildman–Crippen MR) is 52.9 cm³/mol. The molecule has 0 unspecified atom stereocenters. The Morgan fingerprint density at radius 2 is 1.93 bits per heavy atom. The molecule has 0 radical (unpaired) electrons. The molecule has 0 saturated heterocycles. The van der Waals surface area contributed by atoms with Gasteiger partial charge in [-0.05, 0) is 30.5 Å². The maximum absolute atomic E-state index is 11.8. The van der Waals surface area contributed by atoms with Gasteiger partial charge in [0.1, 0.15) is 0 Å². The molecular weight excluding hydrogens is 208 g/mol. The molecule has 0 fully saturated rings. The number of rotatable bonds is 3. The van der Waals surface area contributed by atoms with E-state index in [4.69, 9.17) is 0 Å². The fourth-order valence-electron chi connectivity index (χ4n) is 0.871. The molecule has 0 aliphatic carbocycles. The molecule has 76 valence electrons. The Morgan fingerprint density at radius 3 is 2.36 bits per heavy atom. The van der Waals surface area contributed by atoms with E-state index in [-0.39, 0.29) is 0 Å². The summed E-state index contributed by atoms with van der Waals surface area (Å²) in [7, 11) is 0. The van der Waals surface area contributed by atoms with Gasteiger partial charge >= 0.3 is 6.43 Å². The second-order valence-electron chi connectivity index (χ2n) is 2.52. The number of carbonyl (C=O) groups is 1. The zero-order chi connectivity index (χ0) is 10.6. The number of carbonyl (C=O) groups excluding carboxylic acids is 1. The highest BCUT2D eigenvalue weighted by Gasteiger charge is 2.14. The van der Waals surface area contributed by atoms with Gasteiger partial charge in [-0.1, -0.05) is 0 Å². The summed E-state index contributed by atoms with van der Waals surface area (Å²) in [6.07, 6.45) is -1.07. The molecule has 0 spiro atoms. The molecule has 1 aromatic rings. The molecule has 0 atom stereocenters. The number of benzene rings is 1. The van der Waals surface area contributed by atoms with Gasteiger partial charge in [-0.3, -0.25) is 4.79 Å². The van der Waals surface area contributed by atoms with Crippen molar-refractivity contribution < 1.29 is 13.6 Å². The summed E-state index contributed by atoms with van der Waals surface area (Å²) in [6, 6.07) is 6.69. The predicted octanol–water partition coefficient (Wildman–Crippen LogP) is 2.61. The first-order chi connectivity index (χ1) is 6.63. The Kier molecular flexibility index (Phi) is 3.88. The summed E-state index contributed by atoms with van der Waals surface area (Å²) >= 11 is 1.54. The van der Waals surface area contributed by atoms with Gasteiger partial charge < -0.3 is 5.32 Å². The van der Waals surface area contributed by atoms with Crippen LogP contribution in [-0.4, -0.2) is 18.6 Å². The van der Waals surface area contributed by atoms with Crippen molar-refractivity contribution in [3.8, 4) is 0 Å². The third-order valence-corrected chi connectivity index (χ3v) is 2.30. The van der Waals surface area contributed by atoms with Crippen molar-refractivity contribution in [1.29, 1.82) is 0 Å². The molecule has 0 heterocycles. The monoisotopic (exact) mass is 217 g/mol. The van der Waals surface area contributed by atoms with Gasteiger partial charge in [0.05, 0.1) is 0 Å². The summed E-state index contributed by atoms with van der Waals surface area (Å²) in [4.78, 5) is 11.6. The van der Waals surface area contributed by atoms with Gasteiger partial charge in [0.15, 0.2) is 0 Å². The van der Waals surface area contributed by atoms with Crippen LogP contribution >= 0.6 is 11.8 Å². The third kappa shape index (κ3) is 2.99. The number of alkyl halides is 2. The van der Waals surface area contributed by atoms with E-state index >= 15 is 0 Å². The summed E-state index contributed by atoms with van der Waals surface area (Å²) in [5.74, 6) is -1.28. The van der Waals surface area contributed by atoms with Crippen molar-refractivity contribution in [3.05, 3.63) is 24.3 Å². The number of thioether (sulfide) groups is 1. The summed E-state index contributed by atoms with van der Waals surface area (Å²) in [5.41, 5.74) is 0.383. The van der Waals surface area contributed by atoms with E-state index in [1.54, 1.807) is 36.0 Å². The minimum atomic E-state index is -2.98. The van der Waals surface area contributed by atoms with E-state index < -0.39 is 12.3 Å². The lowest BCUT2D eigenvalue weighted by molar-refractivity contribution is -0.126. The average molecular weight is 217 g/mol. The van der Waals surface area contributed by atoms with Gasteiger partial charge in [0, 0.05) is 10.6 Å². The number of halogens is 2. The first-order valence-electron chi connectivity index (χ1n) is 3.86. The van der Waals surface area contributed by atoms with Gasteiger partial charge in [-0.2, -0.15) is 8.78 Å². The van der Waals surface area contributed by atoms with Crippen molar-refractivity contribution in [1.82, 2.24) is 0 Å². The molecule has 1 amide bonds. The van der Waals surface area contributed by atoms with Crippen LogP contribution in [0.25, 0.3) is 0 Å². The topological polar surface area (TPSA) is 29.1 Å². The quantitative estimate of drug-likeness (QED) is 0.788. The van der Waals surface area contributed by atoms with Crippen molar-refractivity contribution in [3.63, 3.8) is 0 Å². The molecule has 0 aromatic heterocycles. The summed E-state index contributed by atoms with van der Waals surface area (Å²) < 4.78 is 23.7. The van der Waals surface area contributed by atoms with Crippen LogP contribution in [0.2, 0.25) is 0 Å². The fourth-order valence-corrected chi connectivity index (χ4v) is 1.28. The molecular formula is C9H9F2NOS. The molecule has 0 aliphatic rings. The highest BCUT2D eigenvalue weighted by molar-refractivity contribution is 7.98. The van der Waals surface area contributed by atoms with Crippen molar-refractivity contribution in [2.75, 3.05) is 11.6 Å². The van der Waals surface area contributed by atoms with Crippen LogP contribution in [0.1, 0.15) is 0 Å². The number of hydrogen-bond acceptors (Lipinski definition) is 2. The number of anilines is 1. The van der Waals surface area contributed by atoms with Crippen molar-refractivity contribution in [2.24, 2.45) is 0 Å². The molecule has 5 heteroatoms. The minimum absolute atomic E-state index is 0.383. The maximum atomic E-state index is 11.8. The van der Waals surface area contributed by atoms with Crippen LogP contribution in [0.4, 0.5) is 14.5 Å². The van der Waals surface area contributed by atoms with E-state index in [1.807, 2.05) is 6.26 Å². The number of nitrogens with one attached hydrogen (secondary N) is 1. The Bertz CT molecular complexity index is 313. The highest BCUT2D eigenvalue weighted by atomic mass is 32.2. The Balaban J connectivity index is 2.64. The second kappa shape index (κ2) is 4.95. The maximum Gasteiger partial charge on any atom is 0.315 e. The van der Waals surface area contributed by atoms with E-state index in [1.165, 1.54) is 0 Å². The number of amides is 1. The molecule has 1 rings (SSSR count). The van der Waals surface area contributed by atoms with Gasteiger partial charge in [-0.15, -0.1) is 11.8 Å². The molecule has 0 aliphatic heterocycles. The highest BCUT2D eigenvalue weighted by Crippen LogP contribution is 2.17. The largest absolute Gasteiger partial charge is 0.321 e. The first kappa shape index (κ1) is 11.0. The summed E-state index contributed by atoms with van der Waals surface area (Å²) in [5, 5.41) is 2.09. The first-order valence-corrected chi connectivity index (χ1v) is 5.09. The zero-order valence-electron chi connectivity index (χ0n) is 7.46. The molecule has 1 N–H and O–H groups in total. The van der Waals surface area contributed by atoms with Gasteiger partial charge in [0.2, 0.25) is 0 Å². The van der Waals surface area contributed by atoms with Crippen LogP contribution in [0, 0.1) is 0 Å². The summed E-state index contributed by atoms with van der Waals surface area (Å²) in [6.45, 7) is 0. The van der Waals surface area contributed by atoms with E-state index in [0.717, 1.165) is 4.90 Å². The van der Waals surface area contributed by atoms with E-state index in [9.17, 15) is 13.6 Å². The second-order valence-corrected chi connectivity index (χ2v) is 3.40. The molecule has 0 bridgehead atoms. The third-order valence-electron chi connectivity index (χ3n) is 1.56. The van der Waals surface area contributed by atoms with Gasteiger partial charge in [-0.25, -0.2) is 0 Å². The van der Waals surface area contributed by atoms with Gasteiger partial charge in [0.25, 0.3) is 5.91 Å². The number of hydrogen-bond donors (Lipinski definition) is 1. The normalized spacial score (nSPS) is 10.3. The van der Waals surface area contributed by atoms with Crippen LogP contribution in [0.5, 0.6) is 0 Å². The van der Waals surface area contributed by atoms with Crippen molar-refractivity contribution >= 4 is 23.4 Å². The molecule has 14 heavy (non-hydrogen) atoms. The molecule has 2 nitrogen and oxygen atoms in total. The van der Waals surface area contributed by atoms with Crippen LogP contribution in [0.3, 0.4) is 0 Å². The Morgan fingerprint density at radius 1 is 1.36 bits per heavy atom. The molecule has 1 aromatic carbocycles. The minimum Gasteiger partial charge on any atom is -0.321 e.